The summed E-state index contributed by atoms with van der Waals surface area (Å²) >= 11 is 0. The molecule has 0 bridgehead atoms. The summed E-state index contributed by atoms with van der Waals surface area (Å²) < 4.78 is 44.2. The zero-order valence-corrected chi connectivity index (χ0v) is 16.6. The molecule has 1 aliphatic rings. The highest BCUT2D eigenvalue weighted by molar-refractivity contribution is 5.94. The first-order chi connectivity index (χ1) is 15.3. The van der Waals surface area contributed by atoms with Crippen LogP contribution in [0.15, 0.2) is 78.1 Å². The second-order valence-corrected chi connectivity index (χ2v) is 7.27. The summed E-state index contributed by atoms with van der Waals surface area (Å²) in [5, 5.41) is 2.41. The number of hydrogen-bond acceptors (Lipinski definition) is 4. The van der Waals surface area contributed by atoms with Gasteiger partial charge in [-0.25, -0.2) is 5.43 Å². The van der Waals surface area contributed by atoms with Crippen LogP contribution in [0.3, 0.4) is 0 Å². The number of carbonyl (C=O) groups is 1. The van der Waals surface area contributed by atoms with E-state index in [2.05, 4.69) is 5.29 Å². The largest absolute Gasteiger partial charge is 0.489 e. The van der Waals surface area contributed by atoms with E-state index in [0.29, 0.717) is 16.9 Å². The Bertz CT molecular complexity index is 1190. The minimum Gasteiger partial charge on any atom is -0.489 e. The molecule has 0 heterocycles. The van der Waals surface area contributed by atoms with Gasteiger partial charge in [0.2, 0.25) is 0 Å². The Kier molecular flexibility index (Phi) is 5.77. The van der Waals surface area contributed by atoms with Crippen LogP contribution in [0.5, 0.6) is 5.75 Å². The van der Waals surface area contributed by atoms with Crippen molar-refractivity contribution in [3.8, 4) is 5.75 Å². The Morgan fingerprint density at radius 2 is 1.81 bits per heavy atom. The molecular formula is C24H17F3N2O3. The zero-order chi connectivity index (χ0) is 22.7. The maximum absolute atomic E-state index is 12.8. The summed E-state index contributed by atoms with van der Waals surface area (Å²) in [4.78, 5) is 22.2. The lowest BCUT2D eigenvalue weighted by atomic mass is 9.92. The Hall–Kier alpha value is -3.94. The molecule has 1 amide bonds. The number of nitroso groups, excluding NO2 is 1. The molecule has 0 fully saturated rings. The number of rotatable bonds is 6. The number of alkyl halides is 3. The number of nitrogens with zero attached hydrogens (tertiary/aromatic N) is 1. The minimum absolute atomic E-state index is 0.0126. The van der Waals surface area contributed by atoms with Crippen molar-refractivity contribution in [1.29, 1.82) is 0 Å². The number of carbonyl (C=O) groups excluding carboxylic acids is 1. The number of hydrogen-bond donors (Lipinski definition) is 1. The number of benzene rings is 3. The van der Waals surface area contributed by atoms with Crippen molar-refractivity contribution in [2.75, 3.05) is 0 Å². The number of ether oxygens (including phenoxy) is 1. The molecule has 8 heteroatoms. The maximum Gasteiger partial charge on any atom is 0.416 e. The summed E-state index contributed by atoms with van der Waals surface area (Å²) in [5.41, 5.74) is 4.77. The lowest BCUT2D eigenvalue weighted by Crippen LogP contribution is -2.16. The second-order valence-electron chi connectivity index (χ2n) is 7.27. The fourth-order valence-corrected chi connectivity index (χ4v) is 3.61. The molecule has 3 aromatic rings. The van der Waals surface area contributed by atoms with Gasteiger partial charge in [0.15, 0.2) is 0 Å². The van der Waals surface area contributed by atoms with E-state index in [0.717, 1.165) is 28.8 Å². The highest BCUT2D eigenvalue weighted by Gasteiger charge is 2.30. The number of fused-ring (bicyclic) bond motifs is 1. The number of amides is 1. The Balaban J connectivity index is 1.46. The minimum atomic E-state index is -4.40. The van der Waals surface area contributed by atoms with E-state index < -0.39 is 17.6 Å². The van der Waals surface area contributed by atoms with Crippen LogP contribution in [-0.2, 0) is 12.8 Å². The van der Waals surface area contributed by atoms with Gasteiger partial charge in [-0.3, -0.25) is 4.79 Å². The fraction of sp³-hybridized carbons (Fsp3) is 0.125. The number of allylic oxidation sites excluding steroid dienone is 1. The van der Waals surface area contributed by atoms with Gasteiger partial charge in [-0.2, -0.15) is 13.2 Å². The monoisotopic (exact) mass is 438 g/mol. The van der Waals surface area contributed by atoms with E-state index in [1.165, 1.54) is 6.07 Å². The molecule has 5 nitrogen and oxygen atoms in total. The van der Waals surface area contributed by atoms with Crippen molar-refractivity contribution in [3.63, 3.8) is 0 Å². The third-order valence-corrected chi connectivity index (χ3v) is 5.20. The molecule has 4 rings (SSSR count). The summed E-state index contributed by atoms with van der Waals surface area (Å²) in [6.07, 6.45) is -0.437. The van der Waals surface area contributed by atoms with Crippen molar-refractivity contribution in [2.45, 2.75) is 18.7 Å². The van der Waals surface area contributed by atoms with Gasteiger partial charge < -0.3 is 4.74 Å². The number of halogens is 3. The van der Waals surface area contributed by atoms with Crippen molar-refractivity contribution >= 4 is 12.0 Å². The number of nitrogens with one attached hydrogen (secondary N) is 1. The van der Waals surface area contributed by atoms with Crippen molar-refractivity contribution in [3.05, 3.63) is 111 Å². The Labute approximate surface area is 181 Å². The molecule has 1 unspecified atom stereocenters. The first kappa shape index (κ1) is 21.3. The Morgan fingerprint density at radius 3 is 2.53 bits per heavy atom. The smallest absolute Gasteiger partial charge is 0.416 e. The van der Waals surface area contributed by atoms with Crippen LogP contribution in [0.1, 0.15) is 44.1 Å². The first-order valence-electron chi connectivity index (χ1n) is 9.69. The lowest BCUT2D eigenvalue weighted by Gasteiger charge is -2.14. The molecule has 1 aliphatic carbocycles. The Morgan fingerprint density at radius 1 is 1.03 bits per heavy atom. The predicted octanol–water partition coefficient (Wildman–Crippen LogP) is 5.85. The highest BCUT2D eigenvalue weighted by Crippen LogP contribution is 2.36. The van der Waals surface area contributed by atoms with Gasteiger partial charge in [0.1, 0.15) is 12.4 Å². The van der Waals surface area contributed by atoms with Crippen LogP contribution in [0, 0.1) is 4.91 Å². The van der Waals surface area contributed by atoms with Gasteiger partial charge in [0.05, 0.1) is 10.8 Å². The third-order valence-electron chi connectivity index (χ3n) is 5.20. The molecule has 32 heavy (non-hydrogen) atoms. The van der Waals surface area contributed by atoms with Crippen LogP contribution in [0.25, 0.3) is 6.08 Å². The molecule has 0 saturated heterocycles. The molecular weight excluding hydrogens is 421 g/mol. The summed E-state index contributed by atoms with van der Waals surface area (Å²) in [7, 11) is 0. The topological polar surface area (TPSA) is 67.8 Å². The van der Waals surface area contributed by atoms with E-state index in [9.17, 15) is 22.9 Å². The van der Waals surface area contributed by atoms with Gasteiger partial charge >= 0.3 is 6.18 Å². The molecule has 0 spiro atoms. The van der Waals surface area contributed by atoms with Crippen LogP contribution in [0.2, 0.25) is 0 Å². The van der Waals surface area contributed by atoms with Crippen molar-refractivity contribution in [2.24, 2.45) is 5.29 Å². The first-order valence-corrected chi connectivity index (χ1v) is 9.69. The third kappa shape index (κ3) is 4.54. The molecule has 3 aromatic carbocycles. The molecule has 1 N–H and O–H groups in total. The average Bonchev–Trinajstić information content (AvgIpc) is 3.21. The van der Waals surface area contributed by atoms with Gasteiger partial charge in [-0.1, -0.05) is 42.5 Å². The molecule has 0 radical (unpaired) electrons. The van der Waals surface area contributed by atoms with Gasteiger partial charge in [0.25, 0.3) is 5.91 Å². The van der Waals surface area contributed by atoms with E-state index in [1.807, 2.05) is 29.7 Å². The summed E-state index contributed by atoms with van der Waals surface area (Å²) in [5.74, 6) is -0.134. The quantitative estimate of drug-likeness (QED) is 0.388. The average molecular weight is 438 g/mol. The molecule has 0 aliphatic heterocycles. The molecule has 0 saturated carbocycles. The van der Waals surface area contributed by atoms with E-state index in [-0.39, 0.29) is 12.5 Å². The lowest BCUT2D eigenvalue weighted by molar-refractivity contribution is -0.137. The molecule has 1 atom stereocenters. The highest BCUT2D eigenvalue weighted by atomic mass is 19.4. The van der Waals surface area contributed by atoms with Crippen LogP contribution >= 0.6 is 0 Å². The predicted molar refractivity (Wildman–Crippen MR) is 113 cm³/mol. The second kappa shape index (κ2) is 8.66. The normalized spacial score (nSPS) is 14.7. The van der Waals surface area contributed by atoms with Gasteiger partial charge in [-0.15, -0.1) is 4.91 Å². The maximum atomic E-state index is 12.8. The van der Waals surface area contributed by atoms with Gasteiger partial charge in [-0.05, 0) is 58.7 Å². The zero-order valence-electron chi connectivity index (χ0n) is 16.6. The van der Waals surface area contributed by atoms with E-state index >= 15 is 0 Å². The van der Waals surface area contributed by atoms with Crippen molar-refractivity contribution in [1.82, 2.24) is 5.43 Å². The van der Waals surface area contributed by atoms with Gasteiger partial charge in [0, 0.05) is 11.5 Å². The molecule has 162 valence electrons. The summed E-state index contributed by atoms with van der Waals surface area (Å²) in [6.45, 7) is 0.0126. The van der Waals surface area contributed by atoms with E-state index in [4.69, 9.17) is 4.74 Å². The van der Waals surface area contributed by atoms with Crippen LogP contribution < -0.4 is 10.2 Å². The van der Waals surface area contributed by atoms with E-state index in [1.54, 1.807) is 36.4 Å². The van der Waals surface area contributed by atoms with Crippen molar-refractivity contribution < 1.29 is 22.7 Å². The fourth-order valence-electron chi connectivity index (χ4n) is 3.61. The molecule has 0 aromatic heterocycles. The standard InChI is InChI=1S/C24H17F3N2O3/c25-24(26,27)19-3-1-2-15(12-19)14-32-20-9-6-16(7-10-20)21-11-8-17-4-5-18(13-22(17)21)23(30)28-29-31/h1-13,21H,14H2,(H,28,30,31). The van der Waals surface area contributed by atoms with Crippen LogP contribution in [0.4, 0.5) is 13.2 Å². The van der Waals surface area contributed by atoms with Crippen LogP contribution in [-0.4, -0.2) is 5.91 Å². The summed E-state index contributed by atoms with van der Waals surface area (Å²) in [6, 6.07) is 17.4. The SMILES string of the molecule is O=NNC(=O)c1ccc2c(c1)C(c1ccc(OCc3cccc(C(F)(F)F)c3)cc1)C=C2.